The highest BCUT2D eigenvalue weighted by Gasteiger charge is 2.29. The third-order valence-corrected chi connectivity index (χ3v) is 16.5. The Hall–Kier alpha value is -10.4. The topological polar surface area (TPSA) is 6.48 Å². The minimum Gasteiger partial charge on any atom is -0.307 e. The summed E-state index contributed by atoms with van der Waals surface area (Å²) in [5, 5.41) is 5.99. The Morgan fingerprint density at radius 3 is 0.952 bits per heavy atom. The van der Waals surface area contributed by atoms with Crippen molar-refractivity contribution in [1.82, 2.24) is 0 Å². The van der Waals surface area contributed by atoms with Gasteiger partial charge in [-0.2, -0.15) is 0 Å². The molecule has 84 heavy (non-hydrogen) atoms. The smallest absolute Gasteiger partial charge is 0.148 e. The van der Waals surface area contributed by atoms with E-state index < -0.39 is 0 Å². The van der Waals surface area contributed by atoms with Crippen molar-refractivity contribution in [2.75, 3.05) is 9.80 Å². The maximum atomic E-state index is 18.4. The van der Waals surface area contributed by atoms with Gasteiger partial charge in [0, 0.05) is 33.3 Å². The van der Waals surface area contributed by atoms with Gasteiger partial charge in [0.25, 0.3) is 0 Å². The van der Waals surface area contributed by atoms with E-state index in [-0.39, 0.29) is 11.6 Å². The molecule has 0 bridgehead atoms. The first-order chi connectivity index (χ1) is 41.1. The van der Waals surface area contributed by atoms with E-state index >= 15 is 8.78 Å². The highest BCUT2D eigenvalue weighted by Crippen LogP contribution is 2.52. The van der Waals surface area contributed by atoms with Gasteiger partial charge in [-0.15, -0.1) is 0 Å². The number of halogens is 2. The Kier molecular flexibility index (Phi) is 13.2. The zero-order valence-corrected chi connectivity index (χ0v) is 47.2. The zero-order chi connectivity index (χ0) is 57.0. The van der Waals surface area contributed by atoms with Crippen LogP contribution in [0, 0.1) is 39.3 Å². The fraction of sp³-hybridized carbons (Fsp3) is 0.0500. The molecule has 0 atom stereocenters. The van der Waals surface area contributed by atoms with Gasteiger partial charge in [0.2, 0.25) is 0 Å². The standard InChI is InChI=1S/C80H58F2N2/c1-51-17-11-25-59(41-51)65-47-71(63-29-13-19-53(3)43-63)79(73(81)49-65)83(67-31-15-27-61(45-67)55-21-7-5-8-22-55)75-39-35-57-34-38-70-76(40-36-58-33-37-69(75)77(57)78(58)70)84(68-32-16-28-62(46-68)56-23-9-6-10-24-56)80-72(64-30-14-20-54(4)44-64)48-66(50-74(80)82)60-26-12-18-52(2)42-60/h5-50H,1-4H3. The molecule has 0 N–H and O–H groups in total. The molecule has 0 aromatic heterocycles. The Labute approximate surface area is 489 Å². The summed E-state index contributed by atoms with van der Waals surface area (Å²) in [5.74, 6) is -0.700. The molecule has 0 saturated carbocycles. The number of aryl methyl sites for hydroxylation is 4. The molecule has 0 saturated heterocycles. The molecule has 0 radical (unpaired) electrons. The van der Waals surface area contributed by atoms with Gasteiger partial charge < -0.3 is 9.80 Å². The molecule has 0 aliphatic carbocycles. The van der Waals surface area contributed by atoms with Crippen LogP contribution in [0.15, 0.2) is 279 Å². The van der Waals surface area contributed by atoms with Gasteiger partial charge in [-0.1, -0.05) is 241 Å². The summed E-state index contributed by atoms with van der Waals surface area (Å²) in [5.41, 5.74) is 19.4. The van der Waals surface area contributed by atoms with E-state index in [4.69, 9.17) is 0 Å². The van der Waals surface area contributed by atoms with E-state index in [1.54, 1.807) is 12.1 Å². The fourth-order valence-corrected chi connectivity index (χ4v) is 12.5. The average molecular weight is 1090 g/mol. The number of rotatable bonds is 12. The van der Waals surface area contributed by atoms with E-state index in [9.17, 15) is 0 Å². The summed E-state index contributed by atoms with van der Waals surface area (Å²) in [6.45, 7) is 8.30. The molecule has 2 nitrogen and oxygen atoms in total. The molecule has 14 aromatic carbocycles. The van der Waals surface area contributed by atoms with Crippen LogP contribution in [0.25, 0.3) is 99.1 Å². The lowest BCUT2D eigenvalue weighted by atomic mass is 9.90. The molecular formula is C80H58F2N2. The molecule has 14 aromatic rings. The van der Waals surface area contributed by atoms with Gasteiger partial charge in [-0.25, -0.2) is 8.78 Å². The first-order valence-corrected chi connectivity index (χ1v) is 28.7. The minimum atomic E-state index is -0.350. The molecule has 0 spiro atoms. The number of hydrogen-bond donors (Lipinski definition) is 0. The van der Waals surface area contributed by atoms with Crippen molar-refractivity contribution < 1.29 is 8.78 Å². The second kappa shape index (κ2) is 21.5. The maximum absolute atomic E-state index is 18.4. The summed E-state index contributed by atoms with van der Waals surface area (Å²) in [7, 11) is 0. The molecule has 0 heterocycles. The van der Waals surface area contributed by atoms with Crippen LogP contribution >= 0.6 is 0 Å². The molecule has 4 heteroatoms. The van der Waals surface area contributed by atoms with Crippen molar-refractivity contribution in [2.24, 2.45) is 0 Å². The van der Waals surface area contributed by atoms with E-state index in [0.29, 0.717) is 11.4 Å². The van der Waals surface area contributed by atoms with Crippen molar-refractivity contribution in [3.63, 3.8) is 0 Å². The lowest BCUT2D eigenvalue weighted by Crippen LogP contribution is -2.15. The van der Waals surface area contributed by atoms with Crippen LogP contribution in [0.1, 0.15) is 22.3 Å². The largest absolute Gasteiger partial charge is 0.307 e. The normalized spacial score (nSPS) is 11.5. The lowest BCUT2D eigenvalue weighted by molar-refractivity contribution is 0.629. The Bertz CT molecular complexity index is 4510. The highest BCUT2D eigenvalue weighted by molar-refractivity contribution is 6.28. The highest BCUT2D eigenvalue weighted by atomic mass is 19.1. The first-order valence-electron chi connectivity index (χ1n) is 28.7. The van der Waals surface area contributed by atoms with E-state index in [2.05, 4.69) is 256 Å². The Balaban J connectivity index is 1.05. The van der Waals surface area contributed by atoms with Gasteiger partial charge in [0.1, 0.15) is 11.6 Å². The van der Waals surface area contributed by atoms with Crippen molar-refractivity contribution in [3.05, 3.63) is 313 Å². The molecular weight excluding hydrogens is 1030 g/mol. The van der Waals surface area contributed by atoms with Crippen LogP contribution in [-0.2, 0) is 0 Å². The average Bonchev–Trinajstić information content (AvgIpc) is 1.32. The van der Waals surface area contributed by atoms with Crippen molar-refractivity contribution in [1.29, 1.82) is 0 Å². The second-order valence-electron chi connectivity index (χ2n) is 22.3. The molecule has 402 valence electrons. The van der Waals surface area contributed by atoms with Gasteiger partial charge in [-0.05, 0) is 166 Å². The van der Waals surface area contributed by atoms with Gasteiger partial charge in [0.05, 0.1) is 22.7 Å². The van der Waals surface area contributed by atoms with Crippen molar-refractivity contribution in [3.8, 4) is 66.8 Å². The summed E-state index contributed by atoms with van der Waals surface area (Å²) in [6, 6.07) is 95.9. The molecule has 14 rings (SSSR count). The third-order valence-electron chi connectivity index (χ3n) is 16.5. The predicted molar refractivity (Wildman–Crippen MR) is 351 cm³/mol. The van der Waals surface area contributed by atoms with E-state index in [1.807, 2.05) is 48.5 Å². The fourth-order valence-electron chi connectivity index (χ4n) is 12.5. The monoisotopic (exact) mass is 1080 g/mol. The van der Waals surface area contributed by atoms with Crippen molar-refractivity contribution >= 4 is 66.4 Å². The Morgan fingerprint density at radius 2 is 0.571 bits per heavy atom. The van der Waals surface area contributed by atoms with Crippen LogP contribution < -0.4 is 9.80 Å². The SMILES string of the molecule is Cc1cccc(-c2cc(F)c(N(c3cccc(-c4ccccc4)c3)c3ccc4ccc5c(N(c6cccc(-c7ccccc7)c6)c6c(F)cc(-c7cccc(C)c7)cc6-c6cccc(C)c6)ccc6ccc3c4c65)c(-c3cccc(C)c3)c2)c1. The maximum Gasteiger partial charge on any atom is 0.148 e. The Morgan fingerprint density at radius 1 is 0.250 bits per heavy atom. The number of nitrogens with zero attached hydrogens (tertiary/aromatic N) is 2. The summed E-state index contributed by atoms with van der Waals surface area (Å²) >= 11 is 0. The molecule has 0 aliphatic rings. The van der Waals surface area contributed by atoms with Crippen molar-refractivity contribution in [2.45, 2.75) is 27.7 Å². The van der Waals surface area contributed by atoms with E-state index in [0.717, 1.165) is 144 Å². The quantitative estimate of drug-likeness (QED) is 0.113. The lowest BCUT2D eigenvalue weighted by Gasteiger charge is -2.32. The van der Waals surface area contributed by atoms with Crippen LogP contribution in [0.4, 0.5) is 42.9 Å². The van der Waals surface area contributed by atoms with Gasteiger partial charge >= 0.3 is 0 Å². The first kappa shape index (κ1) is 51.7. The van der Waals surface area contributed by atoms with Crippen LogP contribution in [0.3, 0.4) is 0 Å². The molecule has 0 aliphatic heterocycles. The number of anilines is 6. The minimum absolute atomic E-state index is 0.350. The zero-order valence-electron chi connectivity index (χ0n) is 47.2. The van der Waals surface area contributed by atoms with Gasteiger partial charge in [-0.3, -0.25) is 0 Å². The molecule has 0 fully saturated rings. The van der Waals surface area contributed by atoms with Crippen LogP contribution in [-0.4, -0.2) is 0 Å². The van der Waals surface area contributed by atoms with E-state index in [1.165, 1.54) is 0 Å². The predicted octanol–water partition coefficient (Wildman–Crippen LogP) is 23.0. The third kappa shape index (κ3) is 9.52. The second-order valence-corrected chi connectivity index (χ2v) is 22.3. The van der Waals surface area contributed by atoms with Gasteiger partial charge in [0.15, 0.2) is 0 Å². The summed E-state index contributed by atoms with van der Waals surface area (Å²) < 4.78 is 36.8. The molecule has 0 amide bonds. The number of benzene rings is 14. The molecule has 0 unspecified atom stereocenters. The summed E-state index contributed by atoms with van der Waals surface area (Å²) in [6.07, 6.45) is 0. The van der Waals surface area contributed by atoms with Crippen LogP contribution in [0.5, 0.6) is 0 Å². The number of hydrogen-bond acceptors (Lipinski definition) is 2. The summed E-state index contributed by atoms with van der Waals surface area (Å²) in [4.78, 5) is 4.26. The van der Waals surface area contributed by atoms with Crippen LogP contribution in [0.2, 0.25) is 0 Å².